The summed E-state index contributed by atoms with van der Waals surface area (Å²) in [7, 11) is -4.13. The molecule has 0 saturated heterocycles. The highest BCUT2D eigenvalue weighted by atomic mass is 28.4. The lowest BCUT2D eigenvalue weighted by Crippen LogP contribution is -2.50. The third kappa shape index (κ3) is 5.47. The largest absolute Gasteiger partial charge is 0.543 e. The van der Waals surface area contributed by atoms with E-state index in [2.05, 4.69) is 150 Å². The monoisotopic (exact) mass is 586 g/mol. The van der Waals surface area contributed by atoms with E-state index in [1.54, 1.807) is 0 Å². The van der Waals surface area contributed by atoms with E-state index in [1.165, 1.54) is 27.8 Å². The number of rotatable bonds is 11. The molecule has 222 valence electrons. The molecular formula is C37H54O2Si2. The zero-order valence-electron chi connectivity index (χ0n) is 27.7. The van der Waals surface area contributed by atoms with Crippen LogP contribution >= 0.6 is 0 Å². The Labute approximate surface area is 253 Å². The predicted octanol–water partition coefficient (Wildman–Crippen LogP) is 12.0. The minimum Gasteiger partial charge on any atom is -0.543 e. The first kappa shape index (κ1) is 31.6. The fraction of sp³-hybridized carbons (Fsp3) is 0.514. The van der Waals surface area contributed by atoms with Gasteiger partial charge in [0.1, 0.15) is 11.5 Å². The molecule has 0 bridgehead atoms. The highest BCUT2D eigenvalue weighted by Gasteiger charge is 2.48. The van der Waals surface area contributed by atoms with Crippen molar-refractivity contribution in [2.75, 3.05) is 0 Å². The average Bonchev–Trinajstić information content (AvgIpc) is 3.22. The fourth-order valence-electron chi connectivity index (χ4n) is 8.46. The molecule has 2 nitrogen and oxygen atoms in total. The van der Waals surface area contributed by atoms with E-state index in [4.69, 9.17) is 8.85 Å². The van der Waals surface area contributed by atoms with E-state index in [0.717, 1.165) is 11.5 Å². The van der Waals surface area contributed by atoms with Gasteiger partial charge < -0.3 is 8.85 Å². The number of benzene rings is 3. The summed E-state index contributed by atoms with van der Waals surface area (Å²) in [5, 5.41) is 0. The molecule has 0 spiro atoms. The summed E-state index contributed by atoms with van der Waals surface area (Å²) in [6.07, 6.45) is 0. The van der Waals surface area contributed by atoms with Crippen molar-refractivity contribution in [1.82, 2.24) is 0 Å². The van der Waals surface area contributed by atoms with Crippen LogP contribution in [0.4, 0.5) is 0 Å². The van der Waals surface area contributed by atoms with Gasteiger partial charge in [0.15, 0.2) is 0 Å². The Balaban J connectivity index is 1.84. The van der Waals surface area contributed by atoms with Crippen molar-refractivity contribution in [3.63, 3.8) is 0 Å². The Morgan fingerprint density at radius 3 is 1.12 bits per heavy atom. The Kier molecular flexibility index (Phi) is 9.35. The van der Waals surface area contributed by atoms with Crippen molar-refractivity contribution < 1.29 is 8.85 Å². The van der Waals surface area contributed by atoms with Crippen LogP contribution < -0.4 is 8.85 Å². The lowest BCUT2D eigenvalue weighted by molar-refractivity contribution is 0.479. The Morgan fingerprint density at radius 2 is 0.805 bits per heavy atom. The van der Waals surface area contributed by atoms with Crippen molar-refractivity contribution in [3.8, 4) is 22.6 Å². The van der Waals surface area contributed by atoms with E-state index >= 15 is 0 Å². The van der Waals surface area contributed by atoms with Crippen molar-refractivity contribution >= 4 is 16.6 Å². The average molecular weight is 587 g/mol. The second kappa shape index (κ2) is 12.1. The van der Waals surface area contributed by atoms with Crippen molar-refractivity contribution in [2.45, 2.75) is 122 Å². The van der Waals surface area contributed by atoms with Crippen LogP contribution in [0.25, 0.3) is 11.1 Å². The van der Waals surface area contributed by atoms with Crippen LogP contribution in [0.15, 0.2) is 66.7 Å². The molecule has 3 aromatic rings. The van der Waals surface area contributed by atoms with E-state index in [1.807, 2.05) is 0 Å². The lowest BCUT2D eigenvalue weighted by Gasteiger charge is -2.42. The summed E-state index contributed by atoms with van der Waals surface area (Å²) in [6, 6.07) is 24.8. The van der Waals surface area contributed by atoms with Gasteiger partial charge >= 0.3 is 0 Å². The van der Waals surface area contributed by atoms with Gasteiger partial charge in [-0.1, -0.05) is 126 Å². The molecule has 0 aliphatic heterocycles. The van der Waals surface area contributed by atoms with Gasteiger partial charge in [-0.3, -0.25) is 0 Å². The molecule has 3 aromatic carbocycles. The van der Waals surface area contributed by atoms with Crippen LogP contribution in [-0.4, -0.2) is 16.6 Å². The molecule has 41 heavy (non-hydrogen) atoms. The van der Waals surface area contributed by atoms with Crippen molar-refractivity contribution in [3.05, 3.63) is 83.4 Å². The maximum atomic E-state index is 7.18. The van der Waals surface area contributed by atoms with Crippen LogP contribution in [-0.2, 0) is 0 Å². The molecule has 0 atom stereocenters. The van der Waals surface area contributed by atoms with Gasteiger partial charge in [-0.2, -0.15) is 0 Å². The number of fused-ring (bicyclic) bond motifs is 3. The first-order valence-electron chi connectivity index (χ1n) is 16.0. The van der Waals surface area contributed by atoms with Crippen LogP contribution in [0.2, 0.25) is 33.2 Å². The van der Waals surface area contributed by atoms with Gasteiger partial charge in [0.05, 0.1) is 0 Å². The molecule has 0 radical (unpaired) electrons. The van der Waals surface area contributed by atoms with Gasteiger partial charge in [-0.05, 0) is 85.3 Å². The molecule has 0 aromatic heterocycles. The molecular weight excluding hydrogens is 533 g/mol. The minimum atomic E-state index is -2.07. The summed E-state index contributed by atoms with van der Waals surface area (Å²) in [5.74, 6) is 2.22. The lowest BCUT2D eigenvalue weighted by atomic mass is 9.89. The molecule has 0 saturated carbocycles. The van der Waals surface area contributed by atoms with E-state index in [0.29, 0.717) is 33.2 Å². The molecule has 4 rings (SSSR count). The van der Waals surface area contributed by atoms with E-state index in [9.17, 15) is 0 Å². The smallest absolute Gasteiger partial charge is 0.258 e. The number of hydrogen-bond acceptors (Lipinski definition) is 2. The molecule has 0 heterocycles. The van der Waals surface area contributed by atoms with Gasteiger partial charge in [-0.25, -0.2) is 0 Å². The Morgan fingerprint density at radius 1 is 0.463 bits per heavy atom. The standard InChI is InChI=1S/C37H54O2Si2/c1-24(2)40(25(3)4,26(5)6)38-31-18-20-33-34-21-19-32(39-41(27(7)8,28(9)10)29(11)12)23-36(34)37(35(33)22-31)30-16-14-13-15-17-30/h13-29,37H,1-12H3. The molecule has 0 fully saturated rings. The molecule has 0 unspecified atom stereocenters. The normalized spacial score (nSPS) is 14.1. The van der Waals surface area contributed by atoms with Gasteiger partial charge in [-0.15, -0.1) is 0 Å². The SMILES string of the molecule is CC(C)[Si](Oc1ccc2c(c1)C(c1ccccc1)c1cc(O[Si](C(C)C)(C(C)C)C(C)C)ccc1-2)(C(C)C)C(C)C. The first-order valence-corrected chi connectivity index (χ1v) is 20.3. The van der Waals surface area contributed by atoms with Crippen LogP contribution in [0.5, 0.6) is 11.5 Å². The maximum absolute atomic E-state index is 7.18. The maximum Gasteiger partial charge on any atom is 0.258 e. The summed E-state index contributed by atoms with van der Waals surface area (Å²) >= 11 is 0. The quantitative estimate of drug-likeness (QED) is 0.163. The first-order chi connectivity index (χ1) is 19.3. The van der Waals surface area contributed by atoms with Crippen LogP contribution in [0, 0.1) is 0 Å². The van der Waals surface area contributed by atoms with Crippen LogP contribution in [0.3, 0.4) is 0 Å². The van der Waals surface area contributed by atoms with Crippen molar-refractivity contribution in [1.29, 1.82) is 0 Å². The highest BCUT2D eigenvalue weighted by molar-refractivity contribution is 6.78. The predicted molar refractivity (Wildman–Crippen MR) is 183 cm³/mol. The third-order valence-corrected chi connectivity index (χ3v) is 22.1. The minimum absolute atomic E-state index is 0.162. The zero-order chi connectivity index (χ0) is 30.3. The van der Waals surface area contributed by atoms with Gasteiger partial charge in [0.25, 0.3) is 16.6 Å². The molecule has 0 N–H and O–H groups in total. The summed E-state index contributed by atoms with van der Waals surface area (Å²) < 4.78 is 14.4. The van der Waals surface area contributed by atoms with Gasteiger partial charge in [0, 0.05) is 5.92 Å². The number of hydrogen-bond donors (Lipinski definition) is 0. The second-order valence-corrected chi connectivity index (χ2v) is 24.9. The fourth-order valence-corrected chi connectivity index (χ4v) is 18.9. The summed E-state index contributed by atoms with van der Waals surface area (Å²) in [4.78, 5) is 0. The summed E-state index contributed by atoms with van der Waals surface area (Å²) in [6.45, 7) is 28.3. The molecule has 0 amide bonds. The Bertz CT molecular complexity index is 1200. The van der Waals surface area contributed by atoms with Gasteiger partial charge in [0.2, 0.25) is 0 Å². The summed E-state index contributed by atoms with van der Waals surface area (Å²) in [5.41, 5.74) is 9.85. The van der Waals surface area contributed by atoms with E-state index in [-0.39, 0.29) is 5.92 Å². The zero-order valence-corrected chi connectivity index (χ0v) is 29.7. The Hall–Kier alpha value is -2.31. The molecule has 1 aliphatic carbocycles. The van der Waals surface area contributed by atoms with Crippen molar-refractivity contribution in [2.24, 2.45) is 0 Å². The third-order valence-electron chi connectivity index (χ3n) is 10.1. The van der Waals surface area contributed by atoms with Crippen LogP contribution in [0.1, 0.15) is 106 Å². The molecule has 4 heteroatoms. The topological polar surface area (TPSA) is 18.5 Å². The van der Waals surface area contributed by atoms with E-state index < -0.39 is 16.6 Å². The molecule has 1 aliphatic rings. The second-order valence-electron chi connectivity index (χ2n) is 14.2. The highest BCUT2D eigenvalue weighted by Crippen LogP contribution is 2.52.